The van der Waals surface area contributed by atoms with Crippen LogP contribution in [0.5, 0.6) is 0 Å². The van der Waals surface area contributed by atoms with Gasteiger partial charge in [-0.15, -0.1) is 0 Å². The third-order valence-electron chi connectivity index (χ3n) is 2.57. The molecule has 0 heterocycles. The zero-order valence-electron chi connectivity index (χ0n) is 11.2. The number of nitrogens with one attached hydrogen (secondary N) is 1. The Labute approximate surface area is 118 Å². The molecule has 0 spiro atoms. The fourth-order valence-electron chi connectivity index (χ4n) is 1.52. The normalized spacial score (nSPS) is 10.4. The fourth-order valence-corrected chi connectivity index (χ4v) is 2.35. The van der Waals surface area contributed by atoms with E-state index in [0.717, 1.165) is 36.6 Å². The van der Waals surface area contributed by atoms with Gasteiger partial charge in [0.1, 0.15) is 0 Å². The molecule has 0 aliphatic heterocycles. The molecule has 4 nitrogen and oxygen atoms in total. The maximum atomic E-state index is 11.3. The van der Waals surface area contributed by atoms with Crippen molar-refractivity contribution in [3.8, 4) is 0 Å². The Kier molecular flexibility index (Phi) is 8.29. The summed E-state index contributed by atoms with van der Waals surface area (Å²) in [4.78, 5) is 11.3. The summed E-state index contributed by atoms with van der Waals surface area (Å²) in [5.74, 6) is 1.74. The molecule has 0 radical (unpaired) electrons. The molecule has 0 aliphatic rings. The summed E-state index contributed by atoms with van der Waals surface area (Å²) in [7, 11) is 1.38. The smallest absolute Gasteiger partial charge is 0.337 e. The highest BCUT2D eigenvalue weighted by molar-refractivity contribution is 7.99. The molecule has 0 aromatic heterocycles. The lowest BCUT2D eigenvalue weighted by Gasteiger charge is -2.05. The summed E-state index contributed by atoms with van der Waals surface area (Å²) in [6.07, 6.45) is 0.861. The van der Waals surface area contributed by atoms with Gasteiger partial charge in [0, 0.05) is 25.4 Å². The van der Waals surface area contributed by atoms with Crippen molar-refractivity contribution in [3.63, 3.8) is 0 Å². The first-order chi connectivity index (χ1) is 9.27. The minimum Gasteiger partial charge on any atom is -0.465 e. The van der Waals surface area contributed by atoms with Gasteiger partial charge in [0.05, 0.1) is 12.7 Å². The molecule has 0 amide bonds. The number of hydrogen-bond donors (Lipinski definition) is 2. The van der Waals surface area contributed by atoms with Crippen LogP contribution in [0, 0.1) is 0 Å². The van der Waals surface area contributed by atoms with E-state index in [1.165, 1.54) is 7.11 Å². The maximum Gasteiger partial charge on any atom is 0.337 e. The van der Waals surface area contributed by atoms with Crippen molar-refractivity contribution in [1.82, 2.24) is 5.32 Å². The predicted octanol–water partition coefficient (Wildman–Crippen LogP) is 1.68. The van der Waals surface area contributed by atoms with Crippen LogP contribution in [0.15, 0.2) is 24.3 Å². The van der Waals surface area contributed by atoms with E-state index in [1.807, 2.05) is 23.9 Å². The van der Waals surface area contributed by atoms with E-state index >= 15 is 0 Å². The van der Waals surface area contributed by atoms with Gasteiger partial charge in [-0.2, -0.15) is 11.8 Å². The third kappa shape index (κ3) is 6.61. The summed E-state index contributed by atoms with van der Waals surface area (Å²) in [5.41, 5.74) is 1.72. The number of esters is 1. The monoisotopic (exact) mass is 283 g/mol. The van der Waals surface area contributed by atoms with Crippen LogP contribution in [-0.2, 0) is 11.3 Å². The Morgan fingerprint density at radius 3 is 2.68 bits per heavy atom. The summed E-state index contributed by atoms with van der Waals surface area (Å²) in [6, 6.07) is 7.41. The van der Waals surface area contributed by atoms with Gasteiger partial charge in [0.2, 0.25) is 0 Å². The molecule has 1 rings (SSSR count). The Bertz CT molecular complexity index is 367. The van der Waals surface area contributed by atoms with Gasteiger partial charge in [0.15, 0.2) is 0 Å². The molecule has 0 aliphatic carbocycles. The quantitative estimate of drug-likeness (QED) is 0.533. The number of ether oxygens (including phenoxy) is 1. The predicted molar refractivity (Wildman–Crippen MR) is 78.5 cm³/mol. The van der Waals surface area contributed by atoms with Gasteiger partial charge in [0.25, 0.3) is 0 Å². The van der Waals surface area contributed by atoms with Crippen LogP contribution in [0.1, 0.15) is 22.3 Å². The summed E-state index contributed by atoms with van der Waals surface area (Å²) in [5, 5.41) is 12.0. The molecule has 0 unspecified atom stereocenters. The Morgan fingerprint density at radius 2 is 2.05 bits per heavy atom. The lowest BCUT2D eigenvalue weighted by atomic mass is 10.1. The van der Waals surface area contributed by atoms with E-state index < -0.39 is 0 Å². The Balaban J connectivity index is 2.18. The van der Waals surface area contributed by atoms with Gasteiger partial charge in [-0.25, -0.2) is 4.79 Å². The molecule has 0 saturated heterocycles. The van der Waals surface area contributed by atoms with Crippen LogP contribution in [0.4, 0.5) is 0 Å². The number of methoxy groups -OCH3 is 1. The van der Waals surface area contributed by atoms with Crippen molar-refractivity contribution >= 4 is 17.7 Å². The van der Waals surface area contributed by atoms with Gasteiger partial charge in [-0.05, 0) is 29.9 Å². The molecular weight excluding hydrogens is 262 g/mol. The van der Waals surface area contributed by atoms with Crippen LogP contribution >= 0.6 is 11.8 Å². The van der Waals surface area contributed by atoms with E-state index in [4.69, 9.17) is 5.11 Å². The van der Waals surface area contributed by atoms with Crippen molar-refractivity contribution < 1.29 is 14.6 Å². The fraction of sp³-hybridized carbons (Fsp3) is 0.500. The van der Waals surface area contributed by atoms with Gasteiger partial charge in [-0.3, -0.25) is 0 Å². The van der Waals surface area contributed by atoms with Crippen LogP contribution < -0.4 is 5.32 Å². The summed E-state index contributed by atoms with van der Waals surface area (Å²) in [6.45, 7) is 2.00. The number of aliphatic hydroxyl groups excluding tert-OH is 1. The van der Waals surface area contributed by atoms with Gasteiger partial charge < -0.3 is 15.2 Å². The van der Waals surface area contributed by atoms with Crippen molar-refractivity contribution in [2.75, 3.05) is 31.8 Å². The second kappa shape index (κ2) is 9.83. The number of hydrogen-bond acceptors (Lipinski definition) is 5. The van der Waals surface area contributed by atoms with Crippen LogP contribution in [-0.4, -0.2) is 42.8 Å². The Morgan fingerprint density at radius 1 is 1.32 bits per heavy atom. The highest BCUT2D eigenvalue weighted by atomic mass is 32.2. The second-order valence-electron chi connectivity index (χ2n) is 4.05. The minimum atomic E-state index is -0.306. The maximum absolute atomic E-state index is 11.3. The zero-order chi connectivity index (χ0) is 13.9. The van der Waals surface area contributed by atoms with E-state index in [2.05, 4.69) is 10.1 Å². The largest absolute Gasteiger partial charge is 0.465 e. The van der Waals surface area contributed by atoms with Gasteiger partial charge >= 0.3 is 5.97 Å². The molecular formula is C14H21NO3S. The van der Waals surface area contributed by atoms with Crippen molar-refractivity contribution in [1.29, 1.82) is 0 Å². The minimum absolute atomic E-state index is 0.271. The number of aliphatic hydroxyl groups is 1. The SMILES string of the molecule is COC(=O)c1ccc(CNCCSCCCO)cc1. The Hall–Kier alpha value is -1.04. The van der Waals surface area contributed by atoms with Crippen LogP contribution in [0.3, 0.4) is 0 Å². The third-order valence-corrected chi connectivity index (χ3v) is 3.64. The molecule has 5 heteroatoms. The molecule has 0 fully saturated rings. The van der Waals surface area contributed by atoms with Crippen LogP contribution in [0.25, 0.3) is 0 Å². The first-order valence-electron chi connectivity index (χ1n) is 6.34. The van der Waals surface area contributed by atoms with Crippen molar-refractivity contribution in [2.45, 2.75) is 13.0 Å². The highest BCUT2D eigenvalue weighted by Gasteiger charge is 2.03. The number of rotatable bonds is 9. The highest BCUT2D eigenvalue weighted by Crippen LogP contribution is 2.06. The molecule has 0 bridgehead atoms. The molecule has 19 heavy (non-hydrogen) atoms. The molecule has 106 valence electrons. The number of benzene rings is 1. The van der Waals surface area contributed by atoms with Crippen molar-refractivity contribution in [3.05, 3.63) is 35.4 Å². The molecule has 0 atom stereocenters. The topological polar surface area (TPSA) is 58.6 Å². The molecule has 1 aromatic carbocycles. The number of carbonyl (C=O) groups is 1. The first-order valence-corrected chi connectivity index (χ1v) is 7.50. The standard InChI is InChI=1S/C14H21NO3S/c1-18-14(17)13-5-3-12(4-6-13)11-15-7-10-19-9-2-8-16/h3-6,15-16H,2,7-11H2,1H3. The second-order valence-corrected chi connectivity index (χ2v) is 5.28. The average Bonchev–Trinajstić information content (AvgIpc) is 2.46. The van der Waals surface area contributed by atoms with Gasteiger partial charge in [-0.1, -0.05) is 12.1 Å². The zero-order valence-corrected chi connectivity index (χ0v) is 12.0. The molecule has 1 aromatic rings. The van der Waals surface area contributed by atoms with Crippen LogP contribution in [0.2, 0.25) is 0 Å². The van der Waals surface area contributed by atoms with E-state index in [9.17, 15) is 4.79 Å². The molecule has 2 N–H and O–H groups in total. The van der Waals surface area contributed by atoms with Crippen molar-refractivity contribution in [2.24, 2.45) is 0 Å². The summed E-state index contributed by atoms with van der Waals surface area (Å²) >= 11 is 1.84. The molecule has 0 saturated carbocycles. The summed E-state index contributed by atoms with van der Waals surface area (Å²) < 4.78 is 4.65. The average molecular weight is 283 g/mol. The van der Waals surface area contributed by atoms with E-state index in [0.29, 0.717) is 5.56 Å². The van der Waals surface area contributed by atoms with E-state index in [1.54, 1.807) is 12.1 Å². The first kappa shape index (κ1) is 16.0. The lowest BCUT2D eigenvalue weighted by Crippen LogP contribution is -2.16. The number of carbonyl (C=O) groups excluding carboxylic acids is 1. The van der Waals surface area contributed by atoms with E-state index in [-0.39, 0.29) is 12.6 Å². The number of thioether (sulfide) groups is 1. The lowest BCUT2D eigenvalue weighted by molar-refractivity contribution is 0.0600.